The van der Waals surface area contributed by atoms with Gasteiger partial charge in [-0.05, 0) is 27.8 Å². The molecule has 1 saturated heterocycles. The van der Waals surface area contributed by atoms with Crippen LogP contribution in [-0.4, -0.2) is 24.2 Å². The first-order chi connectivity index (χ1) is 10.4. The summed E-state index contributed by atoms with van der Waals surface area (Å²) in [5, 5.41) is 2.37. The van der Waals surface area contributed by atoms with Gasteiger partial charge in [0, 0.05) is 19.6 Å². The Balaban J connectivity index is 1.83. The van der Waals surface area contributed by atoms with Crippen molar-refractivity contribution in [2.45, 2.75) is 32.5 Å². The normalized spacial score (nSPS) is 17.2. The lowest BCUT2D eigenvalue weighted by atomic mass is 9.92. The lowest BCUT2D eigenvalue weighted by Crippen LogP contribution is -2.52. The molecule has 2 aromatic carbocycles. The first kappa shape index (κ1) is 15.3. The van der Waals surface area contributed by atoms with Gasteiger partial charge in [-0.3, -0.25) is 4.90 Å². The Morgan fingerprint density at radius 1 is 1.05 bits per heavy atom. The van der Waals surface area contributed by atoms with Crippen LogP contribution >= 0.6 is 0 Å². The maximum Gasteiger partial charge on any atom is 0.394 e. The number of likely N-dealkylation sites (tertiary alicyclic amines) is 1. The van der Waals surface area contributed by atoms with Crippen molar-refractivity contribution >= 4 is 10.8 Å². The van der Waals surface area contributed by atoms with Gasteiger partial charge in [-0.25, -0.2) is 0 Å². The SMILES string of the molecule is CC(C)c1ccc(CN2CC(C(F)(F)F)C2)c2ccccc12. The van der Waals surface area contributed by atoms with Crippen LogP contribution in [0.15, 0.2) is 36.4 Å². The molecule has 0 unspecified atom stereocenters. The number of alkyl halides is 3. The standard InChI is InChI=1S/C18H20F3N/c1-12(2)15-8-7-13(16-5-3-4-6-17(15)16)9-22-10-14(11-22)18(19,20)21/h3-8,12,14H,9-11H2,1-2H3. The van der Waals surface area contributed by atoms with E-state index in [4.69, 9.17) is 0 Å². The lowest BCUT2D eigenvalue weighted by Gasteiger charge is -2.40. The molecule has 118 valence electrons. The van der Waals surface area contributed by atoms with Crippen LogP contribution in [0.3, 0.4) is 0 Å². The topological polar surface area (TPSA) is 3.24 Å². The summed E-state index contributed by atoms with van der Waals surface area (Å²) in [5.74, 6) is -0.730. The highest BCUT2D eigenvalue weighted by Crippen LogP contribution is 2.35. The van der Waals surface area contributed by atoms with Crippen molar-refractivity contribution in [2.75, 3.05) is 13.1 Å². The summed E-state index contributed by atoms with van der Waals surface area (Å²) in [6.07, 6.45) is -4.06. The number of fused-ring (bicyclic) bond motifs is 1. The fourth-order valence-corrected chi connectivity index (χ4v) is 3.17. The zero-order valence-electron chi connectivity index (χ0n) is 12.8. The molecule has 4 heteroatoms. The third kappa shape index (κ3) is 2.84. The molecule has 1 nitrogen and oxygen atoms in total. The van der Waals surface area contributed by atoms with Crippen molar-refractivity contribution in [3.8, 4) is 0 Å². The van der Waals surface area contributed by atoms with Gasteiger partial charge in [0.1, 0.15) is 0 Å². The molecular weight excluding hydrogens is 287 g/mol. The summed E-state index contributed by atoms with van der Waals surface area (Å²) in [4.78, 5) is 1.87. The molecule has 0 spiro atoms. The minimum Gasteiger partial charge on any atom is -0.298 e. The second-order valence-electron chi connectivity index (χ2n) is 6.45. The van der Waals surface area contributed by atoms with Crippen LogP contribution in [0.25, 0.3) is 10.8 Å². The number of hydrogen-bond acceptors (Lipinski definition) is 1. The van der Waals surface area contributed by atoms with Crippen LogP contribution in [-0.2, 0) is 6.54 Å². The van der Waals surface area contributed by atoms with Crippen molar-refractivity contribution in [3.05, 3.63) is 47.5 Å². The van der Waals surface area contributed by atoms with Gasteiger partial charge in [-0.15, -0.1) is 0 Å². The molecule has 0 radical (unpaired) electrons. The predicted molar refractivity (Wildman–Crippen MR) is 82.9 cm³/mol. The molecule has 3 rings (SSSR count). The van der Waals surface area contributed by atoms with E-state index in [2.05, 4.69) is 38.1 Å². The zero-order chi connectivity index (χ0) is 15.9. The first-order valence-electron chi connectivity index (χ1n) is 7.66. The zero-order valence-corrected chi connectivity index (χ0v) is 12.8. The Morgan fingerprint density at radius 2 is 1.68 bits per heavy atom. The third-order valence-corrected chi connectivity index (χ3v) is 4.48. The molecule has 0 aromatic heterocycles. The molecular formula is C18H20F3N. The molecule has 1 aliphatic rings. The fraction of sp³-hybridized carbons (Fsp3) is 0.444. The third-order valence-electron chi connectivity index (χ3n) is 4.48. The summed E-state index contributed by atoms with van der Waals surface area (Å²) >= 11 is 0. The Bertz CT molecular complexity index is 670. The second kappa shape index (κ2) is 5.58. The molecule has 2 aromatic rings. The van der Waals surface area contributed by atoms with Gasteiger partial charge < -0.3 is 0 Å². The Hall–Kier alpha value is -1.55. The largest absolute Gasteiger partial charge is 0.394 e. The summed E-state index contributed by atoms with van der Waals surface area (Å²) in [7, 11) is 0. The quantitative estimate of drug-likeness (QED) is 0.775. The van der Waals surface area contributed by atoms with E-state index in [9.17, 15) is 13.2 Å². The van der Waals surface area contributed by atoms with Gasteiger partial charge >= 0.3 is 6.18 Å². The van der Waals surface area contributed by atoms with Crippen molar-refractivity contribution < 1.29 is 13.2 Å². The number of rotatable bonds is 3. The lowest BCUT2D eigenvalue weighted by molar-refractivity contribution is -0.210. The molecule has 1 heterocycles. The molecule has 0 N–H and O–H groups in total. The minimum absolute atomic E-state index is 0.115. The number of nitrogens with zero attached hydrogens (tertiary/aromatic N) is 1. The summed E-state index contributed by atoms with van der Waals surface area (Å²) in [6, 6.07) is 12.4. The average molecular weight is 307 g/mol. The number of hydrogen-bond donors (Lipinski definition) is 0. The first-order valence-corrected chi connectivity index (χ1v) is 7.66. The van der Waals surface area contributed by atoms with Crippen molar-refractivity contribution in [1.82, 2.24) is 4.90 Å². The fourth-order valence-electron chi connectivity index (χ4n) is 3.17. The van der Waals surface area contributed by atoms with Gasteiger partial charge in [0.15, 0.2) is 0 Å². The molecule has 1 aliphatic heterocycles. The van der Waals surface area contributed by atoms with Crippen molar-refractivity contribution in [2.24, 2.45) is 5.92 Å². The predicted octanol–water partition coefficient (Wildman–Crippen LogP) is 4.96. The highest BCUT2D eigenvalue weighted by Gasteiger charge is 2.46. The van der Waals surface area contributed by atoms with E-state index in [1.165, 1.54) is 10.9 Å². The van der Waals surface area contributed by atoms with Crippen LogP contribution in [0.4, 0.5) is 13.2 Å². The molecule has 0 saturated carbocycles. The molecule has 22 heavy (non-hydrogen) atoms. The van der Waals surface area contributed by atoms with E-state index in [0.717, 1.165) is 10.9 Å². The molecule has 1 fully saturated rings. The van der Waals surface area contributed by atoms with Crippen LogP contribution in [0, 0.1) is 5.92 Å². The molecule has 0 bridgehead atoms. The Morgan fingerprint density at radius 3 is 2.27 bits per heavy atom. The molecule has 0 atom stereocenters. The van der Waals surface area contributed by atoms with Crippen molar-refractivity contribution in [3.63, 3.8) is 0 Å². The van der Waals surface area contributed by atoms with E-state index in [0.29, 0.717) is 12.5 Å². The molecule has 0 amide bonds. The van der Waals surface area contributed by atoms with Crippen LogP contribution in [0.1, 0.15) is 30.9 Å². The highest BCUT2D eigenvalue weighted by atomic mass is 19.4. The Kier molecular flexibility index (Phi) is 3.89. The summed E-state index contributed by atoms with van der Waals surface area (Å²) in [6.45, 7) is 5.13. The average Bonchev–Trinajstić information content (AvgIpc) is 2.40. The van der Waals surface area contributed by atoms with Gasteiger partial charge in [0.2, 0.25) is 0 Å². The highest BCUT2D eigenvalue weighted by molar-refractivity contribution is 5.89. The van der Waals surface area contributed by atoms with E-state index in [-0.39, 0.29) is 13.1 Å². The number of benzene rings is 2. The van der Waals surface area contributed by atoms with Crippen LogP contribution in [0.2, 0.25) is 0 Å². The van der Waals surface area contributed by atoms with Crippen LogP contribution in [0.5, 0.6) is 0 Å². The Labute approximate surface area is 128 Å². The summed E-state index contributed by atoms with van der Waals surface area (Å²) in [5.41, 5.74) is 2.40. The maximum absolute atomic E-state index is 12.6. The summed E-state index contributed by atoms with van der Waals surface area (Å²) < 4.78 is 37.7. The minimum atomic E-state index is -4.06. The number of halogens is 3. The smallest absolute Gasteiger partial charge is 0.298 e. The maximum atomic E-state index is 12.6. The van der Waals surface area contributed by atoms with E-state index < -0.39 is 12.1 Å². The van der Waals surface area contributed by atoms with Gasteiger partial charge in [-0.2, -0.15) is 13.2 Å². The van der Waals surface area contributed by atoms with E-state index in [1.807, 2.05) is 17.0 Å². The van der Waals surface area contributed by atoms with Gasteiger partial charge in [0.25, 0.3) is 0 Å². The van der Waals surface area contributed by atoms with Crippen LogP contribution < -0.4 is 0 Å². The monoisotopic (exact) mass is 307 g/mol. The van der Waals surface area contributed by atoms with Gasteiger partial charge in [-0.1, -0.05) is 50.2 Å². The molecule has 0 aliphatic carbocycles. The van der Waals surface area contributed by atoms with E-state index >= 15 is 0 Å². The second-order valence-corrected chi connectivity index (χ2v) is 6.45. The van der Waals surface area contributed by atoms with Crippen molar-refractivity contribution in [1.29, 1.82) is 0 Å². The van der Waals surface area contributed by atoms with Gasteiger partial charge in [0.05, 0.1) is 5.92 Å². The van der Waals surface area contributed by atoms with E-state index in [1.54, 1.807) is 0 Å².